The van der Waals surface area contributed by atoms with E-state index in [9.17, 15) is 14.7 Å². The number of hydrogen-bond acceptors (Lipinski definition) is 5. The first kappa shape index (κ1) is 13.6. The molecule has 1 aliphatic rings. The van der Waals surface area contributed by atoms with E-state index >= 15 is 0 Å². The van der Waals surface area contributed by atoms with Gasteiger partial charge >= 0.3 is 5.69 Å². The van der Waals surface area contributed by atoms with Gasteiger partial charge in [-0.2, -0.15) is 0 Å². The fourth-order valence-corrected chi connectivity index (χ4v) is 2.02. The first-order chi connectivity index (χ1) is 8.95. The van der Waals surface area contributed by atoms with Gasteiger partial charge in [-0.25, -0.2) is 4.79 Å². The molecule has 0 aromatic carbocycles. The lowest BCUT2D eigenvalue weighted by atomic mass is 10.1. The van der Waals surface area contributed by atoms with E-state index in [1.54, 1.807) is 13.8 Å². The molecular weight excluding hydrogens is 252 g/mol. The highest BCUT2D eigenvalue weighted by Crippen LogP contribution is 2.33. The molecule has 7 nitrogen and oxygen atoms in total. The molecule has 0 radical (unpaired) electrons. The second-order valence-corrected chi connectivity index (χ2v) is 4.47. The van der Waals surface area contributed by atoms with Crippen LogP contribution < -0.4 is 11.2 Å². The van der Waals surface area contributed by atoms with Gasteiger partial charge in [-0.15, -0.1) is 0 Å². The van der Waals surface area contributed by atoms with Crippen LogP contribution in [0.2, 0.25) is 0 Å². The van der Waals surface area contributed by atoms with Gasteiger partial charge < -0.3 is 14.6 Å². The van der Waals surface area contributed by atoms with E-state index in [2.05, 4.69) is 4.98 Å². The molecule has 0 spiro atoms. The zero-order chi connectivity index (χ0) is 14.2. The van der Waals surface area contributed by atoms with Crippen molar-refractivity contribution in [2.45, 2.75) is 32.3 Å². The van der Waals surface area contributed by atoms with Crippen molar-refractivity contribution in [3.8, 4) is 0 Å². The second-order valence-electron chi connectivity index (χ2n) is 4.47. The van der Waals surface area contributed by atoms with Gasteiger partial charge in [0.1, 0.15) is 6.10 Å². The molecule has 0 saturated carbocycles. The molecule has 0 unspecified atom stereocenters. The average molecular weight is 268 g/mol. The number of nitrogens with zero attached hydrogens (tertiary/aromatic N) is 1. The van der Waals surface area contributed by atoms with E-state index in [0.717, 1.165) is 0 Å². The molecular formula is C12H16N2O5. The highest BCUT2D eigenvalue weighted by molar-refractivity contribution is 5.17. The van der Waals surface area contributed by atoms with Crippen molar-refractivity contribution in [2.75, 3.05) is 7.11 Å². The predicted molar refractivity (Wildman–Crippen MR) is 66.7 cm³/mol. The van der Waals surface area contributed by atoms with Crippen LogP contribution in [0, 0.1) is 6.92 Å². The summed E-state index contributed by atoms with van der Waals surface area (Å²) in [5.41, 5.74) is -0.216. The lowest BCUT2D eigenvalue weighted by molar-refractivity contribution is -0.00790. The Morgan fingerprint density at radius 3 is 2.84 bits per heavy atom. The summed E-state index contributed by atoms with van der Waals surface area (Å²) in [6.07, 6.45) is 0.647. The molecule has 1 aromatic heterocycles. The smallest absolute Gasteiger partial charge is 0.330 e. The number of aliphatic hydroxyl groups excluding tert-OH is 1. The summed E-state index contributed by atoms with van der Waals surface area (Å²) in [5, 5.41) is 9.97. The Morgan fingerprint density at radius 2 is 2.21 bits per heavy atom. The number of ether oxygens (including phenoxy) is 2. The minimum atomic E-state index is -0.857. The van der Waals surface area contributed by atoms with E-state index in [1.807, 2.05) is 0 Å². The highest BCUT2D eigenvalue weighted by Gasteiger charge is 2.38. The summed E-state index contributed by atoms with van der Waals surface area (Å²) >= 11 is 0. The topological polar surface area (TPSA) is 93.6 Å². The monoisotopic (exact) mass is 268 g/mol. The first-order valence-corrected chi connectivity index (χ1v) is 5.84. The van der Waals surface area contributed by atoms with Gasteiger partial charge in [0.2, 0.25) is 0 Å². The number of hydrogen-bond donors (Lipinski definition) is 2. The van der Waals surface area contributed by atoms with Gasteiger partial charge in [0.15, 0.2) is 6.23 Å². The molecule has 104 valence electrons. The summed E-state index contributed by atoms with van der Waals surface area (Å²) in [6.45, 7) is 3.28. The largest absolute Gasteiger partial charge is 0.504 e. The van der Waals surface area contributed by atoms with E-state index in [0.29, 0.717) is 11.1 Å². The quantitative estimate of drug-likeness (QED) is 0.715. The Kier molecular flexibility index (Phi) is 3.59. The van der Waals surface area contributed by atoms with Crippen LogP contribution in [0.25, 0.3) is 0 Å². The second kappa shape index (κ2) is 5.02. The molecule has 7 heteroatoms. The number of rotatable bonds is 2. The molecule has 2 heterocycles. The normalized spacial score (nSPS) is 28.8. The lowest BCUT2D eigenvalue weighted by Gasteiger charge is -2.15. The third-order valence-electron chi connectivity index (χ3n) is 3.07. The SMILES string of the molecule is COC=C1[C@H](n2cc(C)c(=O)[nH]c2=O)O[C@H](C)[C@H]1O. The van der Waals surface area contributed by atoms with Gasteiger partial charge in [0.25, 0.3) is 5.56 Å². The molecule has 2 rings (SSSR count). The lowest BCUT2D eigenvalue weighted by Crippen LogP contribution is -2.33. The number of nitrogens with one attached hydrogen (secondary N) is 1. The minimum Gasteiger partial charge on any atom is -0.504 e. The Morgan fingerprint density at radius 1 is 1.53 bits per heavy atom. The van der Waals surface area contributed by atoms with Crippen LogP contribution in [0.3, 0.4) is 0 Å². The van der Waals surface area contributed by atoms with Crippen molar-refractivity contribution < 1.29 is 14.6 Å². The number of aromatic nitrogens is 2. The van der Waals surface area contributed by atoms with E-state index in [1.165, 1.54) is 24.1 Å². The standard InChI is InChI=1S/C12H16N2O5/c1-6-4-14(12(17)13-10(6)16)11-8(5-18-3)9(15)7(2)19-11/h4-5,7,9,11,15H,1-3H3,(H,13,16,17)/t7-,9-,11-/m1/s1. The Labute approximate surface area is 109 Å². The van der Waals surface area contributed by atoms with Crippen molar-refractivity contribution >= 4 is 0 Å². The summed E-state index contributed by atoms with van der Waals surface area (Å²) in [6, 6.07) is 0. The number of aromatic amines is 1. The fourth-order valence-electron chi connectivity index (χ4n) is 2.02. The fraction of sp³-hybridized carbons (Fsp3) is 0.500. The number of aryl methyl sites for hydroxylation is 1. The van der Waals surface area contributed by atoms with Crippen molar-refractivity contribution in [1.82, 2.24) is 9.55 Å². The maximum atomic E-state index is 11.8. The molecule has 3 atom stereocenters. The van der Waals surface area contributed by atoms with Gasteiger partial charge in [0.05, 0.1) is 19.5 Å². The maximum Gasteiger partial charge on any atom is 0.330 e. The zero-order valence-electron chi connectivity index (χ0n) is 10.9. The number of aliphatic hydroxyl groups is 1. The van der Waals surface area contributed by atoms with Crippen molar-refractivity contribution in [3.05, 3.63) is 44.4 Å². The molecule has 1 saturated heterocycles. The Hall–Kier alpha value is -1.86. The molecule has 0 bridgehead atoms. The van der Waals surface area contributed by atoms with Gasteiger partial charge in [0, 0.05) is 17.3 Å². The Balaban J connectivity index is 2.52. The Bertz CT molecular complexity index is 615. The van der Waals surface area contributed by atoms with Crippen LogP contribution >= 0.6 is 0 Å². The van der Waals surface area contributed by atoms with Gasteiger partial charge in [-0.05, 0) is 13.8 Å². The van der Waals surface area contributed by atoms with Crippen LogP contribution in [-0.4, -0.2) is 34.0 Å². The first-order valence-electron chi connectivity index (χ1n) is 5.84. The van der Waals surface area contributed by atoms with Gasteiger partial charge in [-0.1, -0.05) is 0 Å². The summed E-state index contributed by atoms with van der Waals surface area (Å²) in [7, 11) is 1.45. The van der Waals surface area contributed by atoms with Crippen LogP contribution in [0.15, 0.2) is 27.6 Å². The molecule has 2 N–H and O–H groups in total. The molecule has 0 aliphatic carbocycles. The van der Waals surface area contributed by atoms with Gasteiger partial charge in [-0.3, -0.25) is 14.3 Å². The van der Waals surface area contributed by atoms with Crippen molar-refractivity contribution in [2.24, 2.45) is 0 Å². The molecule has 1 aromatic rings. The third-order valence-corrected chi connectivity index (χ3v) is 3.07. The average Bonchev–Trinajstić information content (AvgIpc) is 2.62. The molecule has 1 aliphatic heterocycles. The van der Waals surface area contributed by atoms with Crippen molar-refractivity contribution in [3.63, 3.8) is 0 Å². The summed E-state index contributed by atoms with van der Waals surface area (Å²) < 4.78 is 11.7. The predicted octanol–water partition coefficient (Wildman–Crippen LogP) is -0.346. The van der Waals surface area contributed by atoms with Crippen LogP contribution in [0.1, 0.15) is 18.7 Å². The summed E-state index contributed by atoms with van der Waals surface area (Å²) in [4.78, 5) is 25.4. The zero-order valence-corrected chi connectivity index (χ0v) is 10.9. The molecule has 0 amide bonds. The van der Waals surface area contributed by atoms with E-state index in [4.69, 9.17) is 9.47 Å². The van der Waals surface area contributed by atoms with Crippen LogP contribution in [0.5, 0.6) is 0 Å². The summed E-state index contributed by atoms with van der Waals surface area (Å²) in [5.74, 6) is 0. The third kappa shape index (κ3) is 2.34. The van der Waals surface area contributed by atoms with E-state index < -0.39 is 29.7 Å². The number of H-pyrrole nitrogens is 1. The van der Waals surface area contributed by atoms with Crippen LogP contribution in [-0.2, 0) is 9.47 Å². The molecule has 1 fully saturated rings. The minimum absolute atomic E-state index is 0.383. The van der Waals surface area contributed by atoms with Crippen molar-refractivity contribution in [1.29, 1.82) is 0 Å². The maximum absolute atomic E-state index is 11.8. The van der Waals surface area contributed by atoms with E-state index in [-0.39, 0.29) is 0 Å². The number of methoxy groups -OCH3 is 1. The molecule has 19 heavy (non-hydrogen) atoms. The highest BCUT2D eigenvalue weighted by atomic mass is 16.5. The van der Waals surface area contributed by atoms with Crippen LogP contribution in [0.4, 0.5) is 0 Å².